The SMILES string of the molecule is CC[C@@H](C(=O)N1C(c2nc(-c3ccc(-c4ccc(-c5c[nH]c(C6CCCN6C(=O)[C@@H](NC(=O)OC)C(C)C)n5)cc4)cc3)c[nH]2)CCC12CCC(F)(F)CC2)N(C)C(=O)O. The van der Waals surface area contributed by atoms with E-state index < -0.39 is 41.8 Å². The Labute approximate surface area is 348 Å². The van der Waals surface area contributed by atoms with E-state index in [2.05, 4.69) is 15.3 Å². The zero-order valence-electron chi connectivity index (χ0n) is 34.7. The number of hydrogen-bond acceptors (Lipinski definition) is 7. The lowest BCUT2D eigenvalue weighted by Crippen LogP contribution is -2.57. The lowest BCUT2D eigenvalue weighted by molar-refractivity contribution is -0.149. The van der Waals surface area contributed by atoms with Gasteiger partial charge in [-0.25, -0.2) is 28.3 Å². The van der Waals surface area contributed by atoms with Crippen LogP contribution in [0.3, 0.4) is 0 Å². The molecule has 4 atom stereocenters. The minimum Gasteiger partial charge on any atom is -0.465 e. The van der Waals surface area contributed by atoms with Crippen LogP contribution in [0.5, 0.6) is 0 Å². The Balaban J connectivity index is 1.04. The maximum absolute atomic E-state index is 14.4. The molecule has 0 radical (unpaired) electrons. The van der Waals surface area contributed by atoms with Gasteiger partial charge in [0, 0.05) is 55.5 Å². The van der Waals surface area contributed by atoms with E-state index >= 15 is 0 Å². The number of alkyl halides is 2. The van der Waals surface area contributed by atoms with Crippen molar-refractivity contribution in [2.45, 2.75) is 114 Å². The van der Waals surface area contributed by atoms with Crippen LogP contribution >= 0.6 is 0 Å². The minimum absolute atomic E-state index is 0.127. The van der Waals surface area contributed by atoms with Crippen LogP contribution in [0.15, 0.2) is 60.9 Å². The van der Waals surface area contributed by atoms with Crippen molar-refractivity contribution in [1.29, 1.82) is 0 Å². The summed E-state index contributed by atoms with van der Waals surface area (Å²) in [5.41, 5.74) is 4.37. The summed E-state index contributed by atoms with van der Waals surface area (Å²) in [6.45, 7) is 6.09. The highest BCUT2D eigenvalue weighted by atomic mass is 19.3. The summed E-state index contributed by atoms with van der Waals surface area (Å²) in [7, 11) is 2.64. The number of carbonyl (C=O) groups excluding carboxylic acids is 3. The van der Waals surface area contributed by atoms with E-state index in [-0.39, 0.29) is 55.9 Å². The van der Waals surface area contributed by atoms with Crippen LogP contribution in [-0.4, -0.2) is 108 Å². The number of aromatic amines is 2. The highest BCUT2D eigenvalue weighted by Gasteiger charge is 2.55. The first-order valence-corrected chi connectivity index (χ1v) is 20.8. The highest BCUT2D eigenvalue weighted by molar-refractivity contribution is 5.87. The molecule has 4 aromatic rings. The molecule has 320 valence electrons. The van der Waals surface area contributed by atoms with Gasteiger partial charge in [-0.1, -0.05) is 69.3 Å². The first-order valence-electron chi connectivity index (χ1n) is 20.8. The van der Waals surface area contributed by atoms with Crippen LogP contribution in [-0.2, 0) is 14.3 Å². The van der Waals surface area contributed by atoms with Gasteiger partial charge in [-0.3, -0.25) is 14.5 Å². The second kappa shape index (κ2) is 17.1. The number of H-pyrrole nitrogens is 2. The second-order valence-corrected chi connectivity index (χ2v) is 16.7. The number of carbonyl (C=O) groups is 4. The molecule has 14 nitrogen and oxygen atoms in total. The van der Waals surface area contributed by atoms with Gasteiger partial charge in [0.15, 0.2) is 0 Å². The third kappa shape index (κ3) is 8.33. The Morgan fingerprint density at radius 3 is 1.88 bits per heavy atom. The molecule has 3 fully saturated rings. The van der Waals surface area contributed by atoms with E-state index in [1.807, 2.05) is 68.6 Å². The van der Waals surface area contributed by atoms with E-state index in [0.29, 0.717) is 36.7 Å². The number of methoxy groups -OCH3 is 1. The molecule has 1 aliphatic carbocycles. The smallest absolute Gasteiger partial charge is 0.407 e. The maximum atomic E-state index is 14.4. The first kappa shape index (κ1) is 42.3. The molecule has 2 unspecified atom stereocenters. The molecular weight excluding hydrogens is 775 g/mol. The zero-order chi connectivity index (χ0) is 42.9. The van der Waals surface area contributed by atoms with Crippen molar-refractivity contribution < 1.29 is 37.8 Å². The van der Waals surface area contributed by atoms with Gasteiger partial charge in [-0.15, -0.1) is 0 Å². The van der Waals surface area contributed by atoms with Crippen molar-refractivity contribution in [3.05, 3.63) is 72.6 Å². The summed E-state index contributed by atoms with van der Waals surface area (Å²) >= 11 is 0. The van der Waals surface area contributed by atoms with Crippen LogP contribution in [0, 0.1) is 5.92 Å². The lowest BCUT2D eigenvalue weighted by atomic mass is 9.78. The van der Waals surface area contributed by atoms with Crippen molar-refractivity contribution in [1.82, 2.24) is 40.0 Å². The van der Waals surface area contributed by atoms with E-state index in [1.165, 1.54) is 14.2 Å². The highest BCUT2D eigenvalue weighted by Crippen LogP contribution is 2.52. The number of likely N-dealkylation sites (tertiary alicyclic amines) is 2. The second-order valence-electron chi connectivity index (χ2n) is 16.7. The number of amides is 4. The molecule has 16 heteroatoms. The number of imidazole rings is 2. The normalized spacial score (nSPS) is 20.6. The van der Waals surface area contributed by atoms with Crippen LogP contribution in [0.2, 0.25) is 0 Å². The Morgan fingerprint density at radius 1 is 0.850 bits per heavy atom. The fourth-order valence-corrected chi connectivity index (χ4v) is 9.28. The average Bonchev–Trinajstić information content (AvgIpc) is 4.08. The van der Waals surface area contributed by atoms with Crippen molar-refractivity contribution in [2.75, 3.05) is 20.7 Å². The monoisotopic (exact) mass is 828 g/mol. The Kier molecular flexibility index (Phi) is 12.0. The molecule has 0 bridgehead atoms. The van der Waals surface area contributed by atoms with Gasteiger partial charge in [0.05, 0.1) is 30.6 Å². The molecule has 60 heavy (non-hydrogen) atoms. The molecule has 2 saturated heterocycles. The predicted molar refractivity (Wildman–Crippen MR) is 220 cm³/mol. The molecule has 2 aromatic carbocycles. The van der Waals surface area contributed by atoms with Gasteiger partial charge in [-0.2, -0.15) is 0 Å². The van der Waals surface area contributed by atoms with Gasteiger partial charge in [0.2, 0.25) is 17.7 Å². The number of likely N-dealkylation sites (N-methyl/N-ethyl adjacent to an activating group) is 1. The zero-order valence-corrected chi connectivity index (χ0v) is 34.7. The molecule has 4 amide bonds. The number of aromatic nitrogens is 4. The van der Waals surface area contributed by atoms with E-state index in [9.17, 15) is 33.1 Å². The first-order chi connectivity index (χ1) is 28.6. The number of nitrogens with one attached hydrogen (secondary N) is 3. The number of ether oxygens (including phenoxy) is 1. The van der Waals surface area contributed by atoms with Crippen molar-refractivity contribution in [3.63, 3.8) is 0 Å². The van der Waals surface area contributed by atoms with Crippen LogP contribution in [0.25, 0.3) is 33.6 Å². The quantitative estimate of drug-likeness (QED) is 0.117. The van der Waals surface area contributed by atoms with E-state index in [0.717, 1.165) is 45.7 Å². The number of nitrogens with zero attached hydrogens (tertiary/aromatic N) is 5. The van der Waals surface area contributed by atoms with Crippen LogP contribution in [0.4, 0.5) is 18.4 Å². The lowest BCUT2D eigenvalue weighted by Gasteiger charge is -2.46. The van der Waals surface area contributed by atoms with Crippen molar-refractivity contribution >= 4 is 24.0 Å². The van der Waals surface area contributed by atoms with E-state index in [1.54, 1.807) is 22.9 Å². The van der Waals surface area contributed by atoms with Gasteiger partial charge < -0.3 is 34.9 Å². The largest absolute Gasteiger partial charge is 0.465 e. The van der Waals surface area contributed by atoms with Crippen LogP contribution < -0.4 is 5.32 Å². The fraction of sp³-hybridized carbons (Fsp3) is 0.500. The number of alkyl carbamates (subject to hydrolysis) is 1. The summed E-state index contributed by atoms with van der Waals surface area (Å²) in [5, 5.41) is 12.4. The Bertz CT molecular complexity index is 2180. The standard InChI is InChI=1S/C44H54F2N8O6/c1-6-33(52(4)42(58)59)39(55)54-35(17-18-43(54)19-21-44(45,46)22-20-43)38-48-25-32(50-38)30-15-11-28(12-16-30)27-9-13-29(14-10-27)31-24-47-37(49-31)34-8-7-23-53(34)40(56)36(26(2)3)51-41(57)60-5/h9-16,24-26,33-36H,6-8,17-23H2,1-5H3,(H,47,49)(H,48,50)(H,51,57)(H,58,59)/t33-,34?,35?,36-/m0/s1. The van der Waals surface area contributed by atoms with Gasteiger partial charge in [0.1, 0.15) is 23.7 Å². The summed E-state index contributed by atoms with van der Waals surface area (Å²) in [6.07, 6.45) is 4.30. The summed E-state index contributed by atoms with van der Waals surface area (Å²) in [6, 6.07) is 13.6. The van der Waals surface area contributed by atoms with Gasteiger partial charge in [0.25, 0.3) is 0 Å². The van der Waals surface area contributed by atoms with Gasteiger partial charge >= 0.3 is 12.2 Å². The third-order valence-electron chi connectivity index (χ3n) is 12.7. The molecule has 4 N–H and O–H groups in total. The molecule has 4 heterocycles. The number of carboxylic acid groups (broad SMARTS) is 1. The van der Waals surface area contributed by atoms with Crippen LogP contribution in [0.1, 0.15) is 102 Å². The molecule has 2 aliphatic heterocycles. The van der Waals surface area contributed by atoms with Crippen molar-refractivity contribution in [2.24, 2.45) is 5.92 Å². The fourth-order valence-electron chi connectivity index (χ4n) is 9.28. The summed E-state index contributed by atoms with van der Waals surface area (Å²) in [4.78, 5) is 72.5. The molecule has 1 saturated carbocycles. The predicted octanol–water partition coefficient (Wildman–Crippen LogP) is 8.18. The van der Waals surface area contributed by atoms with E-state index in [4.69, 9.17) is 14.7 Å². The number of benzene rings is 2. The summed E-state index contributed by atoms with van der Waals surface area (Å²) < 4.78 is 33.5. The topological polar surface area (TPSA) is 177 Å². The number of hydrogen-bond donors (Lipinski definition) is 4. The Hall–Kier alpha value is -5.80. The van der Waals surface area contributed by atoms with Gasteiger partial charge in [-0.05, 0) is 62.0 Å². The number of rotatable bonds is 11. The maximum Gasteiger partial charge on any atom is 0.407 e. The third-order valence-corrected chi connectivity index (χ3v) is 12.7. The summed E-state index contributed by atoms with van der Waals surface area (Å²) in [5.74, 6) is -2.22. The molecule has 3 aliphatic rings. The Morgan fingerprint density at radius 2 is 1.38 bits per heavy atom. The minimum atomic E-state index is -2.79. The molecule has 7 rings (SSSR count). The van der Waals surface area contributed by atoms with Crippen molar-refractivity contribution in [3.8, 4) is 33.6 Å². The molecular formula is C44H54F2N8O6. The number of halogens is 2. The molecule has 2 aromatic heterocycles. The molecule has 1 spiro atoms. The average molecular weight is 829 g/mol.